The smallest absolute Gasteiger partial charge is 0.407 e. The van der Waals surface area contributed by atoms with Crippen LogP contribution in [0.5, 0.6) is 0 Å². The van der Waals surface area contributed by atoms with Crippen LogP contribution in [0.25, 0.3) is 0 Å². The third-order valence-electron chi connectivity index (χ3n) is 2.77. The monoisotopic (exact) mass is 293 g/mol. The number of hydrogen-bond donors (Lipinski definition) is 2. The predicted octanol–water partition coefficient (Wildman–Crippen LogP) is 2.27. The molecule has 3 N–H and O–H groups in total. The van der Waals surface area contributed by atoms with Crippen molar-refractivity contribution in [2.45, 2.75) is 38.8 Å². The van der Waals surface area contributed by atoms with Gasteiger partial charge in [-0.3, -0.25) is 0 Å². The maximum Gasteiger partial charge on any atom is 0.407 e. The summed E-state index contributed by atoms with van der Waals surface area (Å²) in [6.07, 6.45) is 0.349. The first-order chi connectivity index (χ1) is 9.65. The average molecular weight is 293 g/mol. The zero-order valence-electron chi connectivity index (χ0n) is 13.6. The molecule has 0 aliphatic carbocycles. The highest BCUT2D eigenvalue weighted by molar-refractivity contribution is 5.68. The number of nitrogens with two attached hydrogens (primary N) is 1. The zero-order chi connectivity index (χ0) is 16.0. The molecule has 5 heteroatoms. The number of amides is 1. The van der Waals surface area contributed by atoms with Crippen LogP contribution < -0.4 is 11.1 Å². The molecule has 0 aliphatic heterocycles. The lowest BCUT2D eigenvalue weighted by Gasteiger charge is -2.25. The highest BCUT2D eigenvalue weighted by Gasteiger charge is 2.20. The Morgan fingerprint density at radius 1 is 1.29 bits per heavy atom. The molecule has 0 aliphatic rings. The Kier molecular flexibility index (Phi) is 6.03. The number of carbonyl (C=O) groups is 1. The Labute approximate surface area is 127 Å². The topological polar surface area (TPSA) is 67.6 Å². The van der Waals surface area contributed by atoms with Gasteiger partial charge < -0.3 is 20.7 Å². The van der Waals surface area contributed by atoms with Gasteiger partial charge in [0, 0.05) is 18.3 Å². The maximum absolute atomic E-state index is 11.9. The Morgan fingerprint density at radius 3 is 2.33 bits per heavy atom. The van der Waals surface area contributed by atoms with Gasteiger partial charge in [-0.05, 0) is 59.0 Å². The molecule has 1 unspecified atom stereocenters. The van der Waals surface area contributed by atoms with E-state index < -0.39 is 5.60 Å². The van der Waals surface area contributed by atoms with E-state index in [1.165, 1.54) is 0 Å². The number of likely N-dealkylation sites (N-methyl/N-ethyl adjacent to an activating group) is 1. The van der Waals surface area contributed by atoms with Crippen molar-refractivity contribution < 1.29 is 9.53 Å². The van der Waals surface area contributed by atoms with Crippen LogP contribution in [-0.4, -0.2) is 43.3 Å². The van der Waals surface area contributed by atoms with E-state index >= 15 is 0 Å². The molecule has 0 saturated heterocycles. The Balaban J connectivity index is 2.67. The van der Waals surface area contributed by atoms with E-state index in [1.807, 2.05) is 64.0 Å². The number of hydrogen-bond acceptors (Lipinski definition) is 4. The Hall–Kier alpha value is -1.75. The quantitative estimate of drug-likeness (QED) is 0.817. The molecular formula is C16H27N3O2. The van der Waals surface area contributed by atoms with Crippen LogP contribution >= 0.6 is 0 Å². The van der Waals surface area contributed by atoms with Gasteiger partial charge >= 0.3 is 6.09 Å². The van der Waals surface area contributed by atoms with Crippen molar-refractivity contribution in [3.05, 3.63) is 29.8 Å². The number of alkyl carbamates (subject to hydrolysis) is 1. The summed E-state index contributed by atoms with van der Waals surface area (Å²) in [5.74, 6) is 0. The van der Waals surface area contributed by atoms with Gasteiger partial charge in [-0.1, -0.05) is 12.1 Å². The lowest BCUT2D eigenvalue weighted by atomic mass is 10.1. The van der Waals surface area contributed by atoms with Crippen molar-refractivity contribution in [3.8, 4) is 0 Å². The molecule has 5 nitrogen and oxygen atoms in total. The number of nitrogen functional groups attached to an aromatic ring is 1. The molecule has 0 heterocycles. The van der Waals surface area contributed by atoms with Crippen LogP contribution in [0.1, 0.15) is 26.3 Å². The third-order valence-corrected chi connectivity index (χ3v) is 2.77. The number of ether oxygens (including phenoxy) is 1. The number of rotatable bonds is 5. The molecule has 0 bridgehead atoms. The van der Waals surface area contributed by atoms with E-state index in [-0.39, 0.29) is 12.1 Å². The Morgan fingerprint density at radius 2 is 1.86 bits per heavy atom. The van der Waals surface area contributed by atoms with Crippen molar-refractivity contribution in [2.24, 2.45) is 0 Å². The van der Waals surface area contributed by atoms with Gasteiger partial charge in [-0.2, -0.15) is 0 Å². The molecule has 0 radical (unpaired) electrons. The average Bonchev–Trinajstić information content (AvgIpc) is 2.28. The molecule has 0 fully saturated rings. The van der Waals surface area contributed by atoms with Crippen LogP contribution in [0.2, 0.25) is 0 Å². The first-order valence-electron chi connectivity index (χ1n) is 7.14. The fourth-order valence-corrected chi connectivity index (χ4v) is 2.01. The minimum absolute atomic E-state index is 0.0153. The highest BCUT2D eigenvalue weighted by atomic mass is 16.6. The standard InChI is InChI=1S/C16H27N3O2/c1-16(2,3)21-15(20)18-14(11-19(4)5)10-12-6-8-13(17)9-7-12/h6-9,14H,10-11,17H2,1-5H3,(H,18,20). The number of benzene rings is 1. The summed E-state index contributed by atoms with van der Waals surface area (Å²) >= 11 is 0. The third kappa shape index (κ3) is 7.56. The molecule has 0 aromatic heterocycles. The van der Waals surface area contributed by atoms with Crippen molar-refractivity contribution >= 4 is 11.8 Å². The lowest BCUT2D eigenvalue weighted by Crippen LogP contribution is -2.45. The second-order valence-electron chi connectivity index (χ2n) is 6.55. The summed E-state index contributed by atoms with van der Waals surface area (Å²) in [4.78, 5) is 14.0. The minimum atomic E-state index is -0.492. The summed E-state index contributed by atoms with van der Waals surface area (Å²) in [7, 11) is 3.96. The van der Waals surface area contributed by atoms with Crippen LogP contribution in [0.4, 0.5) is 10.5 Å². The van der Waals surface area contributed by atoms with Gasteiger partial charge in [-0.25, -0.2) is 4.79 Å². The maximum atomic E-state index is 11.9. The molecule has 1 rings (SSSR count). The SMILES string of the molecule is CN(C)CC(Cc1ccc(N)cc1)NC(=O)OC(C)(C)C. The van der Waals surface area contributed by atoms with Gasteiger partial charge in [0.25, 0.3) is 0 Å². The molecule has 1 aromatic carbocycles. The molecular weight excluding hydrogens is 266 g/mol. The second-order valence-corrected chi connectivity index (χ2v) is 6.55. The van der Waals surface area contributed by atoms with Crippen molar-refractivity contribution in [3.63, 3.8) is 0 Å². The van der Waals surface area contributed by atoms with Gasteiger partial charge in [0.1, 0.15) is 5.60 Å². The normalized spacial score (nSPS) is 13.0. The van der Waals surface area contributed by atoms with E-state index in [0.717, 1.165) is 24.2 Å². The van der Waals surface area contributed by atoms with Crippen molar-refractivity contribution in [2.75, 3.05) is 26.4 Å². The molecule has 1 atom stereocenters. The van der Waals surface area contributed by atoms with E-state index in [2.05, 4.69) is 5.32 Å². The van der Waals surface area contributed by atoms with Crippen LogP contribution in [0, 0.1) is 0 Å². The lowest BCUT2D eigenvalue weighted by molar-refractivity contribution is 0.0497. The van der Waals surface area contributed by atoms with Gasteiger partial charge in [-0.15, -0.1) is 0 Å². The number of nitrogens with one attached hydrogen (secondary N) is 1. The fraction of sp³-hybridized carbons (Fsp3) is 0.562. The fourth-order valence-electron chi connectivity index (χ4n) is 2.01. The number of anilines is 1. The summed E-state index contributed by atoms with van der Waals surface area (Å²) in [6, 6.07) is 7.69. The molecule has 21 heavy (non-hydrogen) atoms. The minimum Gasteiger partial charge on any atom is -0.444 e. The predicted molar refractivity (Wildman–Crippen MR) is 86.3 cm³/mol. The van der Waals surface area contributed by atoms with Gasteiger partial charge in [0.2, 0.25) is 0 Å². The second kappa shape index (κ2) is 7.31. The summed E-state index contributed by atoms with van der Waals surface area (Å²) in [5, 5.41) is 2.93. The van der Waals surface area contributed by atoms with Crippen molar-refractivity contribution in [1.29, 1.82) is 0 Å². The van der Waals surface area contributed by atoms with E-state index in [0.29, 0.717) is 0 Å². The first kappa shape index (κ1) is 17.3. The molecule has 0 saturated carbocycles. The Bertz CT molecular complexity index is 450. The zero-order valence-corrected chi connectivity index (χ0v) is 13.6. The van der Waals surface area contributed by atoms with Crippen LogP contribution in [0.15, 0.2) is 24.3 Å². The van der Waals surface area contributed by atoms with Gasteiger partial charge in [0.15, 0.2) is 0 Å². The number of carbonyl (C=O) groups excluding carboxylic acids is 1. The van der Waals surface area contributed by atoms with E-state index in [4.69, 9.17) is 10.5 Å². The van der Waals surface area contributed by atoms with Crippen molar-refractivity contribution in [1.82, 2.24) is 10.2 Å². The number of nitrogens with zero attached hydrogens (tertiary/aromatic N) is 1. The first-order valence-corrected chi connectivity index (χ1v) is 7.14. The molecule has 0 spiro atoms. The summed E-state index contributed by atoms with van der Waals surface area (Å²) in [5.41, 5.74) is 7.07. The summed E-state index contributed by atoms with van der Waals surface area (Å²) in [6.45, 7) is 6.30. The van der Waals surface area contributed by atoms with E-state index in [1.54, 1.807) is 0 Å². The largest absolute Gasteiger partial charge is 0.444 e. The molecule has 118 valence electrons. The molecule has 1 amide bonds. The van der Waals surface area contributed by atoms with Crippen LogP contribution in [-0.2, 0) is 11.2 Å². The van der Waals surface area contributed by atoms with Gasteiger partial charge in [0.05, 0.1) is 0 Å². The molecule has 1 aromatic rings. The highest BCUT2D eigenvalue weighted by Crippen LogP contribution is 2.10. The van der Waals surface area contributed by atoms with Crippen LogP contribution in [0.3, 0.4) is 0 Å². The summed E-state index contributed by atoms with van der Waals surface area (Å²) < 4.78 is 5.32. The van der Waals surface area contributed by atoms with E-state index in [9.17, 15) is 4.79 Å².